The van der Waals surface area contributed by atoms with E-state index < -0.39 is 0 Å². The highest BCUT2D eigenvalue weighted by Gasteiger charge is 2.16. The number of carbonyl (C=O) groups excluding carboxylic acids is 1. The van der Waals surface area contributed by atoms with E-state index in [4.69, 9.17) is 9.47 Å². The van der Waals surface area contributed by atoms with Gasteiger partial charge in [-0.3, -0.25) is 14.7 Å². The van der Waals surface area contributed by atoms with Crippen LogP contribution in [0.2, 0.25) is 0 Å². The zero-order valence-electron chi connectivity index (χ0n) is 17.2. The summed E-state index contributed by atoms with van der Waals surface area (Å²) in [5.41, 5.74) is 0.612. The van der Waals surface area contributed by atoms with E-state index in [9.17, 15) is 4.79 Å². The van der Waals surface area contributed by atoms with Crippen LogP contribution in [-0.2, 0) is 4.74 Å². The van der Waals surface area contributed by atoms with Gasteiger partial charge >= 0.3 is 0 Å². The Bertz CT molecular complexity index is 615. The second-order valence-electron chi connectivity index (χ2n) is 6.63. The lowest BCUT2D eigenvalue weighted by Gasteiger charge is -2.31. The number of nitrogens with zero attached hydrogens (tertiary/aromatic N) is 2. The maximum absolute atomic E-state index is 12.2. The van der Waals surface area contributed by atoms with Crippen molar-refractivity contribution in [2.24, 2.45) is 4.99 Å². The fourth-order valence-corrected chi connectivity index (χ4v) is 2.90. The lowest BCUT2D eigenvalue weighted by Crippen LogP contribution is -2.45. The molecule has 0 spiro atoms. The fraction of sp³-hybridized carbons (Fsp3) is 0.600. The summed E-state index contributed by atoms with van der Waals surface area (Å²) in [5, 5.41) is 9.41. The van der Waals surface area contributed by atoms with Crippen molar-refractivity contribution < 1.29 is 14.3 Å². The Morgan fingerprint density at radius 1 is 1.18 bits per heavy atom. The molecule has 2 rings (SSSR count). The van der Waals surface area contributed by atoms with Crippen LogP contribution in [0.1, 0.15) is 24.2 Å². The Morgan fingerprint density at radius 2 is 1.86 bits per heavy atom. The lowest BCUT2D eigenvalue weighted by atomic mass is 10.2. The van der Waals surface area contributed by atoms with E-state index in [-0.39, 0.29) is 5.91 Å². The molecule has 1 amide bonds. The lowest BCUT2D eigenvalue weighted by molar-refractivity contribution is 0.0220. The molecule has 1 heterocycles. The van der Waals surface area contributed by atoms with Crippen LogP contribution < -0.4 is 20.7 Å². The number of methoxy groups -OCH3 is 1. The van der Waals surface area contributed by atoms with Crippen LogP contribution in [0.5, 0.6) is 5.75 Å². The average Bonchev–Trinajstić information content (AvgIpc) is 2.75. The van der Waals surface area contributed by atoms with Crippen molar-refractivity contribution in [3.8, 4) is 5.75 Å². The molecule has 1 aliphatic heterocycles. The van der Waals surface area contributed by atoms with Gasteiger partial charge in [0.2, 0.25) is 0 Å². The summed E-state index contributed by atoms with van der Waals surface area (Å²) in [5.74, 6) is 1.39. The number of amides is 1. The first-order valence-electron chi connectivity index (χ1n) is 9.90. The van der Waals surface area contributed by atoms with Gasteiger partial charge in [-0.1, -0.05) is 0 Å². The number of carbonyl (C=O) groups is 1. The Hall–Kier alpha value is -2.32. The highest BCUT2D eigenvalue weighted by molar-refractivity contribution is 5.94. The third kappa shape index (κ3) is 7.36. The van der Waals surface area contributed by atoms with E-state index in [0.29, 0.717) is 31.2 Å². The number of benzene rings is 1. The van der Waals surface area contributed by atoms with Gasteiger partial charge in [-0.2, -0.15) is 0 Å². The molecule has 1 fully saturated rings. The number of morpholine rings is 1. The second kappa shape index (κ2) is 12.2. The number of rotatable bonds is 9. The number of hydrogen-bond donors (Lipinski definition) is 3. The van der Waals surface area contributed by atoms with Crippen LogP contribution in [0.3, 0.4) is 0 Å². The molecule has 8 heteroatoms. The van der Waals surface area contributed by atoms with Gasteiger partial charge in [0.05, 0.1) is 26.9 Å². The third-order valence-electron chi connectivity index (χ3n) is 4.58. The van der Waals surface area contributed by atoms with Crippen LogP contribution in [0.4, 0.5) is 0 Å². The molecule has 8 nitrogen and oxygen atoms in total. The predicted molar refractivity (Wildman–Crippen MR) is 111 cm³/mol. The van der Waals surface area contributed by atoms with Crippen molar-refractivity contribution in [2.45, 2.75) is 19.9 Å². The van der Waals surface area contributed by atoms with E-state index in [1.54, 1.807) is 31.4 Å². The van der Waals surface area contributed by atoms with Gasteiger partial charge < -0.3 is 25.4 Å². The third-order valence-corrected chi connectivity index (χ3v) is 4.58. The van der Waals surface area contributed by atoms with Crippen molar-refractivity contribution in [2.75, 3.05) is 59.6 Å². The number of aliphatic imine (C=N–C) groups is 1. The largest absolute Gasteiger partial charge is 0.497 e. The molecule has 0 aliphatic carbocycles. The van der Waals surface area contributed by atoms with Crippen molar-refractivity contribution >= 4 is 11.9 Å². The van der Waals surface area contributed by atoms with Crippen molar-refractivity contribution in [1.29, 1.82) is 0 Å². The van der Waals surface area contributed by atoms with E-state index in [0.717, 1.165) is 44.6 Å². The summed E-state index contributed by atoms with van der Waals surface area (Å²) >= 11 is 0. The minimum absolute atomic E-state index is 0.104. The molecule has 3 N–H and O–H groups in total. The number of hydrogen-bond acceptors (Lipinski definition) is 5. The quantitative estimate of drug-likeness (QED) is 0.326. The maximum Gasteiger partial charge on any atom is 0.251 e. The first kappa shape index (κ1) is 22.0. The van der Waals surface area contributed by atoms with Crippen LogP contribution in [0, 0.1) is 0 Å². The summed E-state index contributed by atoms with van der Waals surface area (Å²) in [6.07, 6.45) is 0. The van der Waals surface area contributed by atoms with Crippen LogP contribution >= 0.6 is 0 Å². The standard InChI is InChI=1S/C20H33N5O3/c1-4-21-20(24-15-16(2)25-11-13-28-14-12-25)23-10-9-22-19(26)17-5-7-18(27-3)8-6-17/h5-8,16H,4,9-15H2,1-3H3,(H,22,26)(H2,21,23,24). The van der Waals surface area contributed by atoms with Gasteiger partial charge in [0, 0.05) is 44.3 Å². The summed E-state index contributed by atoms with van der Waals surface area (Å²) in [7, 11) is 1.60. The van der Waals surface area contributed by atoms with Gasteiger partial charge in [-0.05, 0) is 38.1 Å². The molecule has 1 unspecified atom stereocenters. The van der Waals surface area contributed by atoms with Crippen LogP contribution in [0.25, 0.3) is 0 Å². The van der Waals surface area contributed by atoms with Gasteiger partial charge in [0.25, 0.3) is 5.91 Å². The number of guanidine groups is 1. The zero-order valence-corrected chi connectivity index (χ0v) is 17.2. The SMILES string of the molecule is CCNC(=NCC(C)N1CCOCC1)NCCNC(=O)c1ccc(OC)cc1. The molecule has 1 aromatic carbocycles. The Labute approximate surface area is 167 Å². The zero-order chi connectivity index (χ0) is 20.2. The molecule has 0 radical (unpaired) electrons. The highest BCUT2D eigenvalue weighted by Crippen LogP contribution is 2.10. The Balaban J connectivity index is 1.73. The number of nitrogens with one attached hydrogen (secondary N) is 3. The summed E-state index contributed by atoms with van der Waals surface area (Å²) in [4.78, 5) is 19.2. The molecule has 0 aromatic heterocycles. The van der Waals surface area contributed by atoms with Gasteiger partial charge in [0.1, 0.15) is 5.75 Å². The molecule has 28 heavy (non-hydrogen) atoms. The Morgan fingerprint density at radius 3 is 2.50 bits per heavy atom. The van der Waals surface area contributed by atoms with Gasteiger partial charge in [-0.15, -0.1) is 0 Å². The normalized spacial score (nSPS) is 16.3. The first-order valence-corrected chi connectivity index (χ1v) is 9.90. The van der Waals surface area contributed by atoms with E-state index >= 15 is 0 Å². The Kier molecular flexibility index (Phi) is 9.57. The summed E-state index contributed by atoms with van der Waals surface area (Å²) in [6, 6.07) is 7.42. The molecule has 0 bridgehead atoms. The molecule has 1 aliphatic rings. The number of ether oxygens (including phenoxy) is 2. The predicted octanol–water partition coefficient (Wildman–Crippen LogP) is 0.701. The second-order valence-corrected chi connectivity index (χ2v) is 6.63. The molecule has 1 atom stereocenters. The minimum Gasteiger partial charge on any atom is -0.497 e. The van der Waals surface area contributed by atoms with Crippen molar-refractivity contribution in [3.63, 3.8) is 0 Å². The van der Waals surface area contributed by atoms with E-state index in [1.165, 1.54) is 0 Å². The van der Waals surface area contributed by atoms with Crippen molar-refractivity contribution in [3.05, 3.63) is 29.8 Å². The van der Waals surface area contributed by atoms with Gasteiger partial charge in [0.15, 0.2) is 5.96 Å². The molecule has 1 saturated heterocycles. The molecule has 1 aromatic rings. The smallest absolute Gasteiger partial charge is 0.251 e. The van der Waals surface area contributed by atoms with Crippen molar-refractivity contribution in [1.82, 2.24) is 20.9 Å². The van der Waals surface area contributed by atoms with E-state index in [2.05, 4.69) is 32.8 Å². The summed E-state index contributed by atoms with van der Waals surface area (Å²) in [6.45, 7) is 10.3. The monoisotopic (exact) mass is 391 g/mol. The van der Waals surface area contributed by atoms with Crippen LogP contribution in [0.15, 0.2) is 29.3 Å². The summed E-state index contributed by atoms with van der Waals surface area (Å²) < 4.78 is 10.5. The topological polar surface area (TPSA) is 87.2 Å². The van der Waals surface area contributed by atoms with E-state index in [1.807, 2.05) is 6.92 Å². The molecule has 156 valence electrons. The molecular formula is C20H33N5O3. The van der Waals surface area contributed by atoms with Gasteiger partial charge in [-0.25, -0.2) is 0 Å². The minimum atomic E-state index is -0.104. The first-order chi connectivity index (χ1) is 13.6. The average molecular weight is 392 g/mol. The highest BCUT2D eigenvalue weighted by atomic mass is 16.5. The molecular weight excluding hydrogens is 358 g/mol. The maximum atomic E-state index is 12.2. The van der Waals surface area contributed by atoms with Crippen LogP contribution in [-0.4, -0.2) is 82.4 Å². The molecule has 0 saturated carbocycles. The fourth-order valence-electron chi connectivity index (χ4n) is 2.90.